The molecular formula is C13H16O2S. The van der Waals surface area contributed by atoms with Gasteiger partial charge >= 0.3 is 5.97 Å². The van der Waals surface area contributed by atoms with Gasteiger partial charge in [-0.15, -0.1) is 11.8 Å². The molecule has 0 radical (unpaired) electrons. The van der Waals surface area contributed by atoms with Gasteiger partial charge in [0.2, 0.25) is 0 Å². The average molecular weight is 236 g/mol. The molecule has 0 spiro atoms. The number of hydrogen-bond acceptors (Lipinski definition) is 3. The van der Waals surface area contributed by atoms with E-state index in [1.54, 1.807) is 11.8 Å². The van der Waals surface area contributed by atoms with Crippen molar-refractivity contribution in [2.45, 2.75) is 36.9 Å². The summed E-state index contributed by atoms with van der Waals surface area (Å²) < 4.78 is 5.29. The van der Waals surface area contributed by atoms with Crippen LogP contribution < -0.4 is 0 Å². The van der Waals surface area contributed by atoms with Crippen LogP contribution in [0.25, 0.3) is 0 Å². The fourth-order valence-corrected chi connectivity index (χ4v) is 3.02. The second-order valence-electron chi connectivity index (χ2n) is 4.19. The normalized spacial score (nSPS) is 26.5. The van der Waals surface area contributed by atoms with Crippen LogP contribution in [0.15, 0.2) is 30.3 Å². The number of esters is 1. The van der Waals surface area contributed by atoms with Crippen LogP contribution in [0.5, 0.6) is 0 Å². The average Bonchev–Trinajstić information content (AvgIpc) is 2.59. The van der Waals surface area contributed by atoms with Gasteiger partial charge in [0.05, 0.1) is 0 Å². The van der Waals surface area contributed by atoms with E-state index in [9.17, 15) is 4.79 Å². The maximum Gasteiger partial charge on any atom is 0.320 e. The number of rotatable bonds is 3. The van der Waals surface area contributed by atoms with Crippen LogP contribution in [0.2, 0.25) is 0 Å². The van der Waals surface area contributed by atoms with E-state index in [0.717, 1.165) is 6.42 Å². The topological polar surface area (TPSA) is 26.3 Å². The van der Waals surface area contributed by atoms with Crippen LogP contribution >= 0.6 is 11.8 Å². The first kappa shape index (κ1) is 11.5. The summed E-state index contributed by atoms with van der Waals surface area (Å²) in [5.41, 5.74) is 1.33. The Kier molecular flexibility index (Phi) is 3.54. The molecule has 0 aliphatic carbocycles. The second kappa shape index (κ2) is 4.91. The zero-order valence-corrected chi connectivity index (χ0v) is 10.4. The molecule has 3 atom stereocenters. The smallest absolute Gasteiger partial charge is 0.320 e. The Hall–Kier alpha value is -0.960. The Labute approximate surface area is 100 Å². The van der Waals surface area contributed by atoms with Crippen molar-refractivity contribution in [3.8, 4) is 0 Å². The van der Waals surface area contributed by atoms with Gasteiger partial charge in [-0.25, -0.2) is 0 Å². The molecule has 1 aromatic rings. The largest absolute Gasteiger partial charge is 0.450 e. The SMILES string of the molecule is CC1SC(CC(C)c2ccccc2)OC1=O. The number of ether oxygens (including phenoxy) is 1. The summed E-state index contributed by atoms with van der Waals surface area (Å²) in [6, 6.07) is 10.3. The fraction of sp³-hybridized carbons (Fsp3) is 0.462. The van der Waals surface area contributed by atoms with Crippen LogP contribution in [-0.2, 0) is 9.53 Å². The number of benzene rings is 1. The molecule has 0 saturated carbocycles. The molecule has 0 aromatic heterocycles. The third-order valence-corrected chi connectivity index (χ3v) is 4.04. The van der Waals surface area contributed by atoms with E-state index in [1.165, 1.54) is 5.56 Å². The molecule has 1 heterocycles. The van der Waals surface area contributed by atoms with E-state index in [0.29, 0.717) is 5.92 Å². The van der Waals surface area contributed by atoms with Crippen molar-refractivity contribution in [1.82, 2.24) is 0 Å². The maximum absolute atomic E-state index is 11.3. The van der Waals surface area contributed by atoms with Crippen LogP contribution in [0.1, 0.15) is 31.7 Å². The van der Waals surface area contributed by atoms with Gasteiger partial charge in [0.25, 0.3) is 0 Å². The highest BCUT2D eigenvalue weighted by Gasteiger charge is 2.32. The summed E-state index contributed by atoms with van der Waals surface area (Å²) in [5.74, 6) is 0.354. The Morgan fingerprint density at radius 1 is 1.38 bits per heavy atom. The summed E-state index contributed by atoms with van der Waals surface area (Å²) >= 11 is 1.62. The molecule has 0 N–H and O–H groups in total. The van der Waals surface area contributed by atoms with Gasteiger partial charge in [0.15, 0.2) is 0 Å². The van der Waals surface area contributed by atoms with E-state index in [4.69, 9.17) is 4.74 Å². The summed E-state index contributed by atoms with van der Waals surface area (Å²) in [6.45, 7) is 4.08. The monoisotopic (exact) mass is 236 g/mol. The summed E-state index contributed by atoms with van der Waals surface area (Å²) in [4.78, 5) is 11.3. The van der Waals surface area contributed by atoms with Crippen LogP contribution in [0.4, 0.5) is 0 Å². The zero-order chi connectivity index (χ0) is 11.5. The van der Waals surface area contributed by atoms with Gasteiger partial charge in [-0.3, -0.25) is 4.79 Å². The highest BCUT2D eigenvalue weighted by Crippen LogP contribution is 2.34. The molecule has 1 saturated heterocycles. The van der Waals surface area contributed by atoms with Gasteiger partial charge in [-0.2, -0.15) is 0 Å². The Morgan fingerprint density at radius 2 is 2.06 bits per heavy atom. The molecule has 1 aromatic carbocycles. The molecule has 3 unspecified atom stereocenters. The first-order valence-electron chi connectivity index (χ1n) is 5.57. The molecule has 1 aliphatic rings. The number of thioether (sulfide) groups is 1. The molecule has 1 aliphatic heterocycles. The van der Waals surface area contributed by atoms with Crippen molar-refractivity contribution in [2.75, 3.05) is 0 Å². The minimum atomic E-state index is -0.0738. The van der Waals surface area contributed by atoms with Crippen molar-refractivity contribution < 1.29 is 9.53 Å². The Morgan fingerprint density at radius 3 is 2.62 bits per heavy atom. The van der Waals surface area contributed by atoms with Gasteiger partial charge < -0.3 is 4.74 Å². The third-order valence-electron chi connectivity index (χ3n) is 2.85. The quantitative estimate of drug-likeness (QED) is 0.754. The number of cyclic esters (lactones) is 1. The van der Waals surface area contributed by atoms with Gasteiger partial charge in [-0.1, -0.05) is 37.3 Å². The highest BCUT2D eigenvalue weighted by molar-refractivity contribution is 8.01. The molecule has 2 rings (SSSR count). The zero-order valence-electron chi connectivity index (χ0n) is 9.55. The highest BCUT2D eigenvalue weighted by atomic mass is 32.2. The first-order valence-corrected chi connectivity index (χ1v) is 6.52. The fourth-order valence-electron chi connectivity index (χ4n) is 1.85. The molecule has 0 amide bonds. The van der Waals surface area contributed by atoms with Crippen LogP contribution in [-0.4, -0.2) is 16.7 Å². The minimum absolute atomic E-state index is 0.00651. The Balaban J connectivity index is 1.94. The lowest BCUT2D eigenvalue weighted by atomic mass is 9.98. The van der Waals surface area contributed by atoms with Crippen LogP contribution in [0.3, 0.4) is 0 Å². The number of carbonyl (C=O) groups is 1. The van der Waals surface area contributed by atoms with Crippen molar-refractivity contribution >= 4 is 17.7 Å². The van der Waals surface area contributed by atoms with Gasteiger partial charge in [-0.05, 0) is 18.4 Å². The summed E-state index contributed by atoms with van der Waals surface area (Å²) in [7, 11) is 0. The predicted molar refractivity (Wildman–Crippen MR) is 66.4 cm³/mol. The molecule has 3 heteroatoms. The van der Waals surface area contributed by atoms with E-state index in [1.807, 2.05) is 25.1 Å². The van der Waals surface area contributed by atoms with Crippen LogP contribution in [0, 0.1) is 0 Å². The molecule has 2 nitrogen and oxygen atoms in total. The van der Waals surface area contributed by atoms with E-state index in [-0.39, 0.29) is 16.7 Å². The lowest BCUT2D eigenvalue weighted by Gasteiger charge is -2.15. The van der Waals surface area contributed by atoms with Crippen molar-refractivity contribution in [2.24, 2.45) is 0 Å². The second-order valence-corrected chi connectivity index (χ2v) is 5.70. The van der Waals surface area contributed by atoms with Crippen molar-refractivity contribution in [3.05, 3.63) is 35.9 Å². The number of carbonyl (C=O) groups excluding carboxylic acids is 1. The maximum atomic E-state index is 11.3. The number of hydrogen-bond donors (Lipinski definition) is 0. The van der Waals surface area contributed by atoms with Crippen molar-refractivity contribution in [3.63, 3.8) is 0 Å². The molecule has 0 bridgehead atoms. The van der Waals surface area contributed by atoms with E-state index < -0.39 is 0 Å². The van der Waals surface area contributed by atoms with Crippen molar-refractivity contribution in [1.29, 1.82) is 0 Å². The third kappa shape index (κ3) is 2.59. The lowest BCUT2D eigenvalue weighted by Crippen LogP contribution is -2.10. The summed E-state index contributed by atoms with van der Waals surface area (Å²) in [5, 5.41) is -0.00651. The minimum Gasteiger partial charge on any atom is -0.450 e. The van der Waals surface area contributed by atoms with E-state index in [2.05, 4.69) is 19.1 Å². The van der Waals surface area contributed by atoms with Gasteiger partial charge in [0.1, 0.15) is 10.7 Å². The molecule has 86 valence electrons. The molecule has 1 fully saturated rings. The van der Waals surface area contributed by atoms with E-state index >= 15 is 0 Å². The first-order chi connectivity index (χ1) is 7.66. The van der Waals surface area contributed by atoms with Gasteiger partial charge in [0, 0.05) is 6.42 Å². The lowest BCUT2D eigenvalue weighted by molar-refractivity contribution is -0.142. The molecular weight excluding hydrogens is 220 g/mol. The standard InChI is InChI=1S/C13H16O2S/c1-9(11-6-4-3-5-7-11)8-12-15-13(14)10(2)16-12/h3-7,9-10,12H,8H2,1-2H3. The summed E-state index contributed by atoms with van der Waals surface area (Å²) in [6.07, 6.45) is 0.894. The molecule has 16 heavy (non-hydrogen) atoms. The Bertz CT molecular complexity index is 363. The predicted octanol–water partition coefficient (Wildman–Crippen LogP) is 3.18.